The van der Waals surface area contributed by atoms with Gasteiger partial charge in [-0.1, -0.05) is 55.5 Å². The van der Waals surface area contributed by atoms with Crippen molar-refractivity contribution in [3.05, 3.63) is 83.9 Å². The van der Waals surface area contributed by atoms with Crippen molar-refractivity contribution < 1.29 is 9.59 Å². The van der Waals surface area contributed by atoms with Crippen molar-refractivity contribution in [2.24, 2.45) is 0 Å². The van der Waals surface area contributed by atoms with Crippen molar-refractivity contribution >= 4 is 28.8 Å². The van der Waals surface area contributed by atoms with Gasteiger partial charge in [-0.3, -0.25) is 14.9 Å². The average molecular weight is 398 g/mol. The fourth-order valence-electron chi connectivity index (χ4n) is 3.19. The molecule has 0 aliphatic heterocycles. The van der Waals surface area contributed by atoms with E-state index < -0.39 is 0 Å². The molecule has 2 amide bonds. The van der Waals surface area contributed by atoms with Crippen LogP contribution in [0.3, 0.4) is 0 Å². The summed E-state index contributed by atoms with van der Waals surface area (Å²) in [5.41, 5.74) is 5.12. The van der Waals surface area contributed by atoms with E-state index in [-0.39, 0.29) is 11.8 Å². The molecule has 1 aromatic heterocycles. The first-order valence-electron chi connectivity index (χ1n) is 9.84. The number of anilines is 1. The number of imidazole rings is 1. The minimum absolute atomic E-state index is 0.0940. The Bertz CT molecular complexity index is 1200. The molecule has 6 nitrogen and oxygen atoms in total. The summed E-state index contributed by atoms with van der Waals surface area (Å²) >= 11 is 0. The molecule has 4 rings (SSSR count). The van der Waals surface area contributed by atoms with Gasteiger partial charge in [0, 0.05) is 18.5 Å². The topological polar surface area (TPSA) is 86.9 Å². The molecule has 0 unspecified atom stereocenters. The molecule has 0 bridgehead atoms. The SMILES string of the molecule is CCC(=O)Nc1nc2ccc(-c3cccc(C(=O)NCc4ccccc4)c3)cc2[nH]1. The number of H-pyrrole nitrogens is 1. The Morgan fingerprint density at radius 1 is 0.933 bits per heavy atom. The van der Waals surface area contributed by atoms with Crippen molar-refractivity contribution in [2.75, 3.05) is 5.32 Å². The number of hydrogen-bond acceptors (Lipinski definition) is 3. The molecule has 3 aromatic carbocycles. The van der Waals surface area contributed by atoms with Gasteiger partial charge < -0.3 is 10.3 Å². The number of carbonyl (C=O) groups excluding carboxylic acids is 2. The summed E-state index contributed by atoms with van der Waals surface area (Å²) < 4.78 is 0. The number of hydrogen-bond donors (Lipinski definition) is 3. The predicted octanol–water partition coefficient (Wildman–Crippen LogP) is 4.51. The summed E-state index contributed by atoms with van der Waals surface area (Å²) in [4.78, 5) is 31.7. The quantitative estimate of drug-likeness (QED) is 0.447. The van der Waals surface area contributed by atoms with E-state index in [1.807, 2.05) is 66.7 Å². The molecule has 1 heterocycles. The Morgan fingerprint density at radius 3 is 2.53 bits per heavy atom. The summed E-state index contributed by atoms with van der Waals surface area (Å²) in [7, 11) is 0. The Balaban J connectivity index is 1.53. The van der Waals surface area contributed by atoms with Gasteiger partial charge in [-0.25, -0.2) is 4.98 Å². The third-order valence-electron chi connectivity index (χ3n) is 4.81. The molecule has 0 saturated carbocycles. The zero-order valence-corrected chi connectivity index (χ0v) is 16.6. The highest BCUT2D eigenvalue weighted by Crippen LogP contribution is 2.25. The summed E-state index contributed by atoms with van der Waals surface area (Å²) in [5, 5.41) is 5.69. The second-order valence-electron chi connectivity index (χ2n) is 6.97. The van der Waals surface area contributed by atoms with Crippen LogP contribution >= 0.6 is 0 Å². The van der Waals surface area contributed by atoms with Gasteiger partial charge in [0.25, 0.3) is 5.91 Å². The number of aromatic amines is 1. The highest BCUT2D eigenvalue weighted by Gasteiger charge is 2.10. The first-order chi connectivity index (χ1) is 14.6. The highest BCUT2D eigenvalue weighted by molar-refractivity contribution is 5.96. The summed E-state index contributed by atoms with van der Waals surface area (Å²) in [5.74, 6) is 0.222. The lowest BCUT2D eigenvalue weighted by Gasteiger charge is -2.08. The molecule has 30 heavy (non-hydrogen) atoms. The van der Waals surface area contributed by atoms with Gasteiger partial charge in [0.2, 0.25) is 11.9 Å². The number of nitrogens with one attached hydrogen (secondary N) is 3. The monoisotopic (exact) mass is 398 g/mol. The summed E-state index contributed by atoms with van der Waals surface area (Å²) in [6.45, 7) is 2.27. The van der Waals surface area contributed by atoms with Crippen molar-refractivity contribution in [1.82, 2.24) is 15.3 Å². The van der Waals surface area contributed by atoms with E-state index in [4.69, 9.17) is 0 Å². The maximum atomic E-state index is 12.6. The van der Waals surface area contributed by atoms with E-state index >= 15 is 0 Å². The Kier molecular flexibility index (Phi) is 5.57. The third-order valence-corrected chi connectivity index (χ3v) is 4.81. The van der Waals surface area contributed by atoms with Crippen molar-refractivity contribution in [1.29, 1.82) is 0 Å². The number of carbonyl (C=O) groups is 2. The second-order valence-corrected chi connectivity index (χ2v) is 6.97. The van der Waals surface area contributed by atoms with Crippen LogP contribution in [0.4, 0.5) is 5.95 Å². The summed E-state index contributed by atoms with van der Waals surface area (Å²) in [6, 6.07) is 23.1. The summed E-state index contributed by atoms with van der Waals surface area (Å²) in [6.07, 6.45) is 0.390. The minimum atomic E-state index is -0.118. The number of aromatic nitrogens is 2. The predicted molar refractivity (Wildman–Crippen MR) is 118 cm³/mol. The largest absolute Gasteiger partial charge is 0.348 e. The van der Waals surface area contributed by atoms with Gasteiger partial charge in [0.1, 0.15) is 0 Å². The first kappa shape index (κ1) is 19.4. The Labute approximate surface area is 174 Å². The van der Waals surface area contributed by atoms with E-state index in [9.17, 15) is 9.59 Å². The molecule has 6 heteroatoms. The third kappa shape index (κ3) is 4.38. The van der Waals surface area contributed by atoms with Gasteiger partial charge in [0.05, 0.1) is 11.0 Å². The molecule has 0 fully saturated rings. The van der Waals surface area contributed by atoms with Gasteiger partial charge in [0.15, 0.2) is 0 Å². The molecule has 150 valence electrons. The van der Waals surface area contributed by atoms with Gasteiger partial charge in [-0.15, -0.1) is 0 Å². The van der Waals surface area contributed by atoms with E-state index in [2.05, 4.69) is 20.6 Å². The lowest BCUT2D eigenvalue weighted by molar-refractivity contribution is -0.115. The van der Waals surface area contributed by atoms with Crippen LogP contribution in [0.15, 0.2) is 72.8 Å². The maximum Gasteiger partial charge on any atom is 0.251 e. The van der Waals surface area contributed by atoms with Gasteiger partial charge >= 0.3 is 0 Å². The molecule has 3 N–H and O–H groups in total. The lowest BCUT2D eigenvalue weighted by Crippen LogP contribution is -2.22. The molecule has 0 radical (unpaired) electrons. The van der Waals surface area contributed by atoms with Crippen LogP contribution in [0.1, 0.15) is 29.3 Å². The zero-order valence-electron chi connectivity index (χ0n) is 16.6. The number of fused-ring (bicyclic) bond motifs is 1. The van der Waals surface area contributed by atoms with Crippen LogP contribution in [-0.2, 0) is 11.3 Å². The Morgan fingerprint density at radius 2 is 1.73 bits per heavy atom. The molecular weight excluding hydrogens is 376 g/mol. The molecule has 0 atom stereocenters. The molecule has 0 spiro atoms. The zero-order chi connectivity index (χ0) is 20.9. The van der Waals surface area contributed by atoms with E-state index in [0.717, 1.165) is 27.7 Å². The van der Waals surface area contributed by atoms with Crippen LogP contribution in [0.25, 0.3) is 22.2 Å². The average Bonchev–Trinajstić information content (AvgIpc) is 3.19. The maximum absolute atomic E-state index is 12.6. The van der Waals surface area contributed by atoms with Crippen LogP contribution in [0.5, 0.6) is 0 Å². The highest BCUT2D eigenvalue weighted by atomic mass is 16.2. The van der Waals surface area contributed by atoms with Crippen molar-refractivity contribution in [3.8, 4) is 11.1 Å². The Hall–Kier alpha value is -3.93. The van der Waals surface area contributed by atoms with Crippen molar-refractivity contribution in [2.45, 2.75) is 19.9 Å². The van der Waals surface area contributed by atoms with E-state index in [0.29, 0.717) is 24.5 Å². The normalized spacial score (nSPS) is 10.7. The van der Waals surface area contributed by atoms with Crippen LogP contribution in [0, 0.1) is 0 Å². The number of rotatable bonds is 6. The molecule has 0 aliphatic rings. The molecular formula is C24H22N4O2. The molecule has 0 saturated heterocycles. The lowest BCUT2D eigenvalue weighted by atomic mass is 10.0. The minimum Gasteiger partial charge on any atom is -0.348 e. The number of benzene rings is 3. The number of amides is 2. The van der Waals surface area contributed by atoms with Crippen LogP contribution in [-0.4, -0.2) is 21.8 Å². The van der Waals surface area contributed by atoms with Crippen LogP contribution < -0.4 is 10.6 Å². The van der Waals surface area contributed by atoms with Gasteiger partial charge in [-0.2, -0.15) is 0 Å². The van der Waals surface area contributed by atoms with E-state index in [1.54, 1.807) is 13.0 Å². The molecule has 0 aliphatic carbocycles. The first-order valence-corrected chi connectivity index (χ1v) is 9.84. The van der Waals surface area contributed by atoms with Crippen molar-refractivity contribution in [3.63, 3.8) is 0 Å². The fraction of sp³-hybridized carbons (Fsp3) is 0.125. The van der Waals surface area contributed by atoms with Crippen LogP contribution in [0.2, 0.25) is 0 Å². The second kappa shape index (κ2) is 8.61. The van der Waals surface area contributed by atoms with Gasteiger partial charge in [-0.05, 0) is 41.0 Å². The van der Waals surface area contributed by atoms with E-state index in [1.165, 1.54) is 0 Å². The molecule has 4 aromatic rings. The standard InChI is InChI=1S/C24H22N4O2/c1-2-22(29)28-24-26-20-12-11-18(14-21(20)27-24)17-9-6-10-19(13-17)23(30)25-15-16-7-4-3-5-8-16/h3-14H,2,15H2,1H3,(H,25,30)(H2,26,27,28,29). The fourth-order valence-corrected chi connectivity index (χ4v) is 3.19. The smallest absolute Gasteiger partial charge is 0.251 e. The number of nitrogens with zero attached hydrogens (tertiary/aromatic N) is 1.